The average molecular weight is 332 g/mol. The van der Waals surface area contributed by atoms with Gasteiger partial charge in [-0.3, -0.25) is 20.2 Å². The second-order valence-corrected chi connectivity index (χ2v) is 4.46. The number of aromatic nitrogens is 3. The van der Waals surface area contributed by atoms with Gasteiger partial charge >= 0.3 is 6.01 Å². The molecule has 1 heterocycles. The highest BCUT2D eigenvalue weighted by Crippen LogP contribution is 2.33. The maximum Gasteiger partial charge on any atom is 0.336 e. The van der Waals surface area contributed by atoms with E-state index < -0.39 is 16.5 Å². The van der Waals surface area contributed by atoms with Crippen LogP contribution in [0.5, 0.6) is 6.01 Å². The van der Waals surface area contributed by atoms with Crippen LogP contribution < -0.4 is 10.1 Å². The van der Waals surface area contributed by atoms with Crippen molar-refractivity contribution in [2.45, 2.75) is 0 Å². The molecule has 0 spiro atoms. The summed E-state index contributed by atoms with van der Waals surface area (Å²) in [6.45, 7) is 0. The van der Waals surface area contributed by atoms with E-state index in [1.54, 1.807) is 0 Å². The zero-order valence-corrected chi connectivity index (χ0v) is 11.9. The van der Waals surface area contributed by atoms with Crippen LogP contribution >= 0.6 is 23.2 Å². The van der Waals surface area contributed by atoms with Gasteiger partial charge < -0.3 is 4.74 Å². The zero-order chi connectivity index (χ0) is 15.6. The van der Waals surface area contributed by atoms with Crippen LogP contribution in [0.3, 0.4) is 0 Å². The standard InChI is InChI=1S/C10H7Cl2N5O4/c1-21-10-14-9(15-16-10)13-8(18)4-2-5(11)7(12)6(3-4)17(19)20/h2-3H,1H3,(H2,13,14,15,16,18). The predicted molar refractivity (Wildman–Crippen MR) is 74.0 cm³/mol. The number of nitrogens with zero attached hydrogens (tertiary/aromatic N) is 3. The highest BCUT2D eigenvalue weighted by molar-refractivity contribution is 6.43. The van der Waals surface area contributed by atoms with Crippen molar-refractivity contribution in [2.75, 3.05) is 12.4 Å². The van der Waals surface area contributed by atoms with Crippen LogP contribution in [-0.4, -0.2) is 33.1 Å². The molecule has 110 valence electrons. The molecule has 0 saturated heterocycles. The second-order valence-electron chi connectivity index (χ2n) is 3.67. The highest BCUT2D eigenvalue weighted by Gasteiger charge is 2.20. The third-order valence-electron chi connectivity index (χ3n) is 2.35. The molecule has 0 bridgehead atoms. The van der Waals surface area contributed by atoms with Gasteiger partial charge in [-0.05, 0) is 6.07 Å². The van der Waals surface area contributed by atoms with E-state index in [0.717, 1.165) is 6.07 Å². The molecule has 0 atom stereocenters. The van der Waals surface area contributed by atoms with Crippen molar-refractivity contribution in [1.29, 1.82) is 0 Å². The summed E-state index contributed by atoms with van der Waals surface area (Å²) in [5.41, 5.74) is -0.518. The third-order valence-corrected chi connectivity index (χ3v) is 3.14. The quantitative estimate of drug-likeness (QED) is 0.654. The third kappa shape index (κ3) is 3.20. The number of anilines is 1. The fraction of sp³-hybridized carbons (Fsp3) is 0.100. The van der Waals surface area contributed by atoms with E-state index >= 15 is 0 Å². The molecule has 1 amide bonds. The fourth-order valence-electron chi connectivity index (χ4n) is 1.41. The van der Waals surface area contributed by atoms with Gasteiger partial charge in [-0.15, -0.1) is 5.10 Å². The first-order valence-electron chi connectivity index (χ1n) is 5.33. The summed E-state index contributed by atoms with van der Waals surface area (Å²) in [4.78, 5) is 25.9. The molecule has 2 aromatic rings. The maximum absolute atomic E-state index is 12.0. The molecule has 2 rings (SSSR count). The number of nitro groups is 1. The van der Waals surface area contributed by atoms with E-state index in [0.29, 0.717) is 0 Å². The smallest absolute Gasteiger partial charge is 0.336 e. The lowest BCUT2D eigenvalue weighted by atomic mass is 10.2. The topological polar surface area (TPSA) is 123 Å². The van der Waals surface area contributed by atoms with Gasteiger partial charge in [0.2, 0.25) is 5.95 Å². The normalized spacial score (nSPS) is 10.2. The molecular weight excluding hydrogens is 325 g/mol. The van der Waals surface area contributed by atoms with E-state index in [9.17, 15) is 14.9 Å². The number of aromatic amines is 1. The lowest BCUT2D eigenvalue weighted by molar-refractivity contribution is -0.384. The number of nitrogens with one attached hydrogen (secondary N) is 2. The Morgan fingerprint density at radius 3 is 2.76 bits per heavy atom. The lowest BCUT2D eigenvalue weighted by Gasteiger charge is -2.04. The first-order valence-corrected chi connectivity index (χ1v) is 6.09. The monoisotopic (exact) mass is 331 g/mol. The summed E-state index contributed by atoms with van der Waals surface area (Å²) in [5.74, 6) is -0.652. The Kier molecular flexibility index (Phi) is 4.24. The second kappa shape index (κ2) is 5.94. The van der Waals surface area contributed by atoms with Gasteiger partial charge in [0.15, 0.2) is 0 Å². The summed E-state index contributed by atoms with van der Waals surface area (Å²) in [6, 6.07) is 2.25. The number of hydrogen-bond donors (Lipinski definition) is 2. The first kappa shape index (κ1) is 15.0. The molecule has 0 aliphatic rings. The number of benzene rings is 1. The molecule has 11 heteroatoms. The number of hydrogen-bond acceptors (Lipinski definition) is 6. The summed E-state index contributed by atoms with van der Waals surface area (Å²) in [7, 11) is 1.36. The van der Waals surface area contributed by atoms with Crippen molar-refractivity contribution >= 4 is 40.7 Å². The minimum Gasteiger partial charge on any atom is -0.466 e. The summed E-state index contributed by atoms with van der Waals surface area (Å²) >= 11 is 11.5. The molecule has 1 aromatic carbocycles. The lowest BCUT2D eigenvalue weighted by Crippen LogP contribution is -2.13. The van der Waals surface area contributed by atoms with Gasteiger partial charge in [0, 0.05) is 11.6 Å². The Bertz CT molecular complexity index is 717. The summed E-state index contributed by atoms with van der Waals surface area (Å²) in [5, 5.41) is 18.9. The number of rotatable bonds is 4. The van der Waals surface area contributed by atoms with Crippen LogP contribution in [0.4, 0.5) is 11.6 Å². The molecule has 0 fully saturated rings. The molecule has 0 saturated carbocycles. The Balaban J connectivity index is 2.28. The summed E-state index contributed by atoms with van der Waals surface area (Å²) in [6.07, 6.45) is 0. The molecule has 2 N–H and O–H groups in total. The van der Waals surface area contributed by atoms with Crippen LogP contribution in [0, 0.1) is 10.1 Å². The molecule has 9 nitrogen and oxygen atoms in total. The zero-order valence-electron chi connectivity index (χ0n) is 10.4. The van der Waals surface area contributed by atoms with E-state index in [-0.39, 0.29) is 27.6 Å². The van der Waals surface area contributed by atoms with Crippen molar-refractivity contribution in [3.63, 3.8) is 0 Å². The first-order chi connectivity index (χ1) is 9.92. The van der Waals surface area contributed by atoms with Crippen molar-refractivity contribution in [2.24, 2.45) is 0 Å². The van der Waals surface area contributed by atoms with Crippen molar-refractivity contribution < 1.29 is 14.5 Å². The number of nitro benzene ring substituents is 1. The molecule has 1 aromatic heterocycles. The molecular formula is C10H7Cl2N5O4. The Hall–Kier alpha value is -2.39. The van der Waals surface area contributed by atoms with Crippen LogP contribution in [0.25, 0.3) is 0 Å². The van der Waals surface area contributed by atoms with E-state index in [1.807, 2.05) is 0 Å². The minimum atomic E-state index is -0.734. The molecule has 0 aliphatic carbocycles. The summed E-state index contributed by atoms with van der Waals surface area (Å²) < 4.78 is 4.73. The minimum absolute atomic E-state index is 0.0191. The van der Waals surface area contributed by atoms with E-state index in [4.69, 9.17) is 27.9 Å². The van der Waals surface area contributed by atoms with E-state index in [2.05, 4.69) is 20.5 Å². The van der Waals surface area contributed by atoms with Gasteiger partial charge in [-0.1, -0.05) is 23.2 Å². The van der Waals surface area contributed by atoms with Gasteiger partial charge in [-0.2, -0.15) is 4.98 Å². The number of halogens is 2. The largest absolute Gasteiger partial charge is 0.466 e. The highest BCUT2D eigenvalue weighted by atomic mass is 35.5. The Morgan fingerprint density at radius 1 is 1.48 bits per heavy atom. The van der Waals surface area contributed by atoms with Crippen LogP contribution in [-0.2, 0) is 0 Å². The number of H-pyrrole nitrogens is 1. The molecule has 0 aliphatic heterocycles. The SMILES string of the molecule is COc1n[nH]c(NC(=O)c2cc(Cl)c(Cl)c([N+](=O)[O-])c2)n1. The maximum atomic E-state index is 12.0. The number of amides is 1. The van der Waals surface area contributed by atoms with Crippen molar-refractivity contribution in [1.82, 2.24) is 15.2 Å². The number of ether oxygens (including phenoxy) is 1. The van der Waals surface area contributed by atoms with Gasteiger partial charge in [0.25, 0.3) is 11.6 Å². The van der Waals surface area contributed by atoms with E-state index in [1.165, 1.54) is 13.2 Å². The molecule has 21 heavy (non-hydrogen) atoms. The molecule has 0 radical (unpaired) electrons. The Morgan fingerprint density at radius 2 is 2.19 bits per heavy atom. The number of carbonyl (C=O) groups excluding carboxylic acids is 1. The van der Waals surface area contributed by atoms with Crippen LogP contribution in [0.2, 0.25) is 10.0 Å². The van der Waals surface area contributed by atoms with Crippen molar-refractivity contribution in [3.05, 3.63) is 37.9 Å². The predicted octanol–water partition coefficient (Wildman–Crippen LogP) is 2.28. The van der Waals surface area contributed by atoms with Gasteiger partial charge in [-0.25, -0.2) is 5.10 Å². The number of methoxy groups -OCH3 is 1. The van der Waals surface area contributed by atoms with Crippen LogP contribution in [0.15, 0.2) is 12.1 Å². The van der Waals surface area contributed by atoms with Gasteiger partial charge in [0.05, 0.1) is 17.1 Å². The fourth-order valence-corrected chi connectivity index (χ4v) is 1.80. The van der Waals surface area contributed by atoms with Gasteiger partial charge in [0.1, 0.15) is 5.02 Å². The average Bonchev–Trinajstić information content (AvgIpc) is 2.88. The van der Waals surface area contributed by atoms with Crippen molar-refractivity contribution in [3.8, 4) is 6.01 Å². The Labute approximate surface area is 127 Å². The molecule has 0 unspecified atom stereocenters. The van der Waals surface area contributed by atoms with Crippen LogP contribution in [0.1, 0.15) is 10.4 Å². The number of carbonyl (C=O) groups is 1.